The lowest BCUT2D eigenvalue weighted by molar-refractivity contribution is -0.186. The molecule has 0 N–H and O–H groups in total. The number of esters is 1. The Morgan fingerprint density at radius 2 is 1.76 bits per heavy atom. The van der Waals surface area contributed by atoms with Crippen molar-refractivity contribution >= 4 is 11.7 Å². The predicted molar refractivity (Wildman–Crippen MR) is 77.0 cm³/mol. The van der Waals surface area contributed by atoms with Gasteiger partial charge in [0.05, 0.1) is 23.3 Å². The van der Waals surface area contributed by atoms with E-state index in [9.17, 15) is 4.79 Å². The summed E-state index contributed by atoms with van der Waals surface area (Å²) in [5.41, 5.74) is 4.25. The number of aryl methyl sites for hydroxylation is 1. The smallest absolute Gasteiger partial charge is 0.342 e. The SMILES string of the molecule is Cc1ccccc1C1=NOC2(C1)OC(=O)c1ccccc12. The molecular formula is C17H13NO3. The van der Waals surface area contributed by atoms with Gasteiger partial charge in [0.2, 0.25) is 0 Å². The summed E-state index contributed by atoms with van der Waals surface area (Å²) in [5, 5.41) is 4.17. The van der Waals surface area contributed by atoms with E-state index in [4.69, 9.17) is 9.57 Å². The van der Waals surface area contributed by atoms with Crippen molar-refractivity contribution in [3.8, 4) is 0 Å². The molecule has 1 unspecified atom stereocenters. The van der Waals surface area contributed by atoms with Gasteiger partial charge in [0.25, 0.3) is 0 Å². The second kappa shape index (κ2) is 4.19. The Morgan fingerprint density at radius 1 is 1.05 bits per heavy atom. The molecular weight excluding hydrogens is 266 g/mol. The van der Waals surface area contributed by atoms with E-state index < -0.39 is 5.79 Å². The first-order chi connectivity index (χ1) is 10.2. The van der Waals surface area contributed by atoms with Crippen LogP contribution in [0.5, 0.6) is 0 Å². The summed E-state index contributed by atoms with van der Waals surface area (Å²) >= 11 is 0. The third-order valence-corrected chi connectivity index (χ3v) is 3.97. The number of carbonyl (C=O) groups excluding carboxylic acids is 1. The Bertz CT molecular complexity index is 781. The van der Waals surface area contributed by atoms with Crippen LogP contribution in [0.3, 0.4) is 0 Å². The monoisotopic (exact) mass is 279 g/mol. The van der Waals surface area contributed by atoms with E-state index in [0.29, 0.717) is 12.0 Å². The van der Waals surface area contributed by atoms with Crippen LogP contribution in [0.25, 0.3) is 0 Å². The van der Waals surface area contributed by atoms with E-state index in [0.717, 1.165) is 22.4 Å². The van der Waals surface area contributed by atoms with Crippen molar-refractivity contribution < 1.29 is 14.4 Å². The molecule has 2 aliphatic heterocycles. The molecule has 2 aromatic rings. The molecule has 21 heavy (non-hydrogen) atoms. The van der Waals surface area contributed by atoms with Gasteiger partial charge >= 0.3 is 11.8 Å². The molecule has 0 amide bonds. The highest BCUT2D eigenvalue weighted by molar-refractivity contribution is 6.04. The van der Waals surface area contributed by atoms with Crippen LogP contribution < -0.4 is 0 Å². The van der Waals surface area contributed by atoms with E-state index in [1.807, 2.05) is 49.4 Å². The number of carbonyl (C=O) groups is 1. The van der Waals surface area contributed by atoms with E-state index in [1.54, 1.807) is 6.07 Å². The first-order valence-electron chi connectivity index (χ1n) is 6.83. The van der Waals surface area contributed by atoms with Crippen LogP contribution in [0.4, 0.5) is 0 Å². The quantitative estimate of drug-likeness (QED) is 0.753. The van der Waals surface area contributed by atoms with Gasteiger partial charge in [-0.05, 0) is 18.6 Å². The van der Waals surface area contributed by atoms with Crippen molar-refractivity contribution in [3.63, 3.8) is 0 Å². The maximum atomic E-state index is 12.0. The Kier molecular flexibility index (Phi) is 2.42. The first-order valence-corrected chi connectivity index (χ1v) is 6.83. The van der Waals surface area contributed by atoms with Gasteiger partial charge in [-0.2, -0.15) is 0 Å². The van der Waals surface area contributed by atoms with Gasteiger partial charge in [0, 0.05) is 5.56 Å². The average Bonchev–Trinajstić information content (AvgIpc) is 3.04. The molecule has 0 aliphatic carbocycles. The Morgan fingerprint density at radius 3 is 2.57 bits per heavy atom. The summed E-state index contributed by atoms with van der Waals surface area (Å²) in [5.74, 6) is -1.45. The van der Waals surface area contributed by atoms with E-state index in [-0.39, 0.29) is 5.97 Å². The second-order valence-electron chi connectivity index (χ2n) is 5.31. The molecule has 4 nitrogen and oxygen atoms in total. The highest BCUT2D eigenvalue weighted by Crippen LogP contribution is 2.44. The van der Waals surface area contributed by atoms with Crippen LogP contribution in [0.2, 0.25) is 0 Å². The van der Waals surface area contributed by atoms with Gasteiger partial charge in [-0.3, -0.25) is 0 Å². The Labute approximate surface area is 122 Å². The highest BCUT2D eigenvalue weighted by atomic mass is 16.8. The number of fused-ring (bicyclic) bond motifs is 2. The van der Waals surface area contributed by atoms with Gasteiger partial charge in [0.15, 0.2) is 0 Å². The van der Waals surface area contributed by atoms with Crippen LogP contribution in [0, 0.1) is 6.92 Å². The summed E-state index contributed by atoms with van der Waals surface area (Å²) in [6.45, 7) is 2.03. The lowest BCUT2D eigenvalue weighted by atomic mass is 9.94. The molecule has 0 fully saturated rings. The maximum Gasteiger partial charge on any atom is 0.342 e. The highest BCUT2D eigenvalue weighted by Gasteiger charge is 2.52. The van der Waals surface area contributed by atoms with E-state index in [2.05, 4.69) is 5.16 Å². The fourth-order valence-electron chi connectivity index (χ4n) is 2.91. The summed E-state index contributed by atoms with van der Waals surface area (Å²) in [4.78, 5) is 17.5. The summed E-state index contributed by atoms with van der Waals surface area (Å²) in [7, 11) is 0. The molecule has 0 saturated carbocycles. The van der Waals surface area contributed by atoms with Crippen molar-refractivity contribution in [2.75, 3.05) is 0 Å². The van der Waals surface area contributed by atoms with Gasteiger partial charge < -0.3 is 9.57 Å². The maximum absolute atomic E-state index is 12.0. The molecule has 1 atom stereocenters. The fraction of sp³-hybridized carbons (Fsp3) is 0.176. The number of benzene rings is 2. The Balaban J connectivity index is 1.74. The molecule has 0 saturated heterocycles. The van der Waals surface area contributed by atoms with Crippen molar-refractivity contribution in [1.29, 1.82) is 0 Å². The molecule has 2 heterocycles. The van der Waals surface area contributed by atoms with Crippen LogP contribution in [0.1, 0.15) is 33.5 Å². The lowest BCUT2D eigenvalue weighted by Gasteiger charge is -2.20. The minimum Gasteiger partial charge on any atom is -0.412 e. The Hall–Kier alpha value is -2.62. The van der Waals surface area contributed by atoms with Crippen LogP contribution in [-0.2, 0) is 15.4 Å². The third-order valence-electron chi connectivity index (χ3n) is 3.97. The normalized spacial score (nSPS) is 22.7. The number of hydrogen-bond donors (Lipinski definition) is 0. The third kappa shape index (κ3) is 1.69. The van der Waals surface area contributed by atoms with Gasteiger partial charge in [-0.25, -0.2) is 4.79 Å². The van der Waals surface area contributed by atoms with Gasteiger partial charge in [-0.1, -0.05) is 47.6 Å². The molecule has 104 valence electrons. The minimum atomic E-state index is -1.09. The summed E-state index contributed by atoms with van der Waals surface area (Å²) in [6, 6.07) is 15.3. The van der Waals surface area contributed by atoms with Crippen LogP contribution in [-0.4, -0.2) is 11.7 Å². The molecule has 2 aromatic carbocycles. The molecule has 4 rings (SSSR count). The topological polar surface area (TPSA) is 47.9 Å². The zero-order valence-corrected chi connectivity index (χ0v) is 11.5. The minimum absolute atomic E-state index is 0.355. The molecule has 0 radical (unpaired) electrons. The number of ether oxygens (including phenoxy) is 1. The predicted octanol–water partition coefficient (Wildman–Crippen LogP) is 3.14. The molecule has 0 aromatic heterocycles. The number of hydrogen-bond acceptors (Lipinski definition) is 4. The average molecular weight is 279 g/mol. The number of oxime groups is 1. The summed E-state index contributed by atoms with van der Waals surface area (Å²) < 4.78 is 5.50. The second-order valence-corrected chi connectivity index (χ2v) is 5.31. The molecule has 1 spiro atoms. The zero-order chi connectivity index (χ0) is 14.4. The van der Waals surface area contributed by atoms with Crippen LogP contribution >= 0.6 is 0 Å². The zero-order valence-electron chi connectivity index (χ0n) is 11.5. The lowest BCUT2D eigenvalue weighted by Crippen LogP contribution is -2.26. The van der Waals surface area contributed by atoms with Crippen molar-refractivity contribution in [2.45, 2.75) is 19.1 Å². The fourth-order valence-corrected chi connectivity index (χ4v) is 2.91. The van der Waals surface area contributed by atoms with Gasteiger partial charge in [0.1, 0.15) is 0 Å². The number of rotatable bonds is 1. The molecule has 0 bridgehead atoms. The van der Waals surface area contributed by atoms with E-state index in [1.165, 1.54) is 0 Å². The largest absolute Gasteiger partial charge is 0.412 e. The summed E-state index contributed by atoms with van der Waals surface area (Å²) in [6.07, 6.45) is 0.431. The first kappa shape index (κ1) is 12.1. The van der Waals surface area contributed by atoms with Gasteiger partial charge in [-0.15, -0.1) is 0 Å². The van der Waals surface area contributed by atoms with E-state index >= 15 is 0 Å². The molecule has 2 aliphatic rings. The number of nitrogens with zero attached hydrogens (tertiary/aromatic N) is 1. The van der Waals surface area contributed by atoms with Crippen molar-refractivity contribution in [2.24, 2.45) is 5.16 Å². The van der Waals surface area contributed by atoms with Crippen LogP contribution in [0.15, 0.2) is 53.7 Å². The molecule has 4 heteroatoms. The van der Waals surface area contributed by atoms with Crippen molar-refractivity contribution in [1.82, 2.24) is 0 Å². The standard InChI is InChI=1S/C17H13NO3/c1-11-6-2-3-7-12(11)15-10-17(21-18-15)14-9-5-4-8-13(14)16(19)20-17/h2-9H,10H2,1H3. The van der Waals surface area contributed by atoms with Crippen molar-refractivity contribution in [3.05, 3.63) is 70.8 Å².